The van der Waals surface area contributed by atoms with E-state index in [1.807, 2.05) is 0 Å². The van der Waals surface area contributed by atoms with Crippen LogP contribution in [-0.2, 0) is 6.42 Å². The number of rotatable bonds is 6. The number of benzene rings is 1. The molecule has 0 fully saturated rings. The summed E-state index contributed by atoms with van der Waals surface area (Å²) in [5, 5.41) is 3.52. The van der Waals surface area contributed by atoms with Gasteiger partial charge in [-0.1, -0.05) is 13.8 Å². The molecule has 0 saturated heterocycles. The van der Waals surface area contributed by atoms with E-state index >= 15 is 0 Å². The Labute approximate surface area is 115 Å². The lowest BCUT2D eigenvalue weighted by molar-refractivity contribution is 0.174. The summed E-state index contributed by atoms with van der Waals surface area (Å²) in [6.45, 7) is 8.43. The topological polar surface area (TPSA) is 56.5 Å². The van der Waals surface area contributed by atoms with Gasteiger partial charge in [0.2, 0.25) is 6.79 Å². The van der Waals surface area contributed by atoms with E-state index in [2.05, 4.69) is 38.2 Å². The largest absolute Gasteiger partial charge is 0.454 e. The Balaban J connectivity index is 1.93. The Hall–Kier alpha value is -1.26. The maximum atomic E-state index is 5.76. The molecule has 0 radical (unpaired) electrons. The van der Waals surface area contributed by atoms with Gasteiger partial charge in [0.05, 0.1) is 0 Å². The Morgan fingerprint density at radius 2 is 1.95 bits per heavy atom. The van der Waals surface area contributed by atoms with Crippen LogP contribution in [-0.4, -0.2) is 25.9 Å². The number of hydrogen-bond donors (Lipinski definition) is 2. The molecule has 0 aromatic heterocycles. The molecule has 4 nitrogen and oxygen atoms in total. The average Bonchev–Trinajstić information content (AvgIpc) is 2.81. The van der Waals surface area contributed by atoms with Crippen LogP contribution >= 0.6 is 0 Å². The summed E-state index contributed by atoms with van der Waals surface area (Å²) in [7, 11) is 0. The molecule has 1 aliphatic rings. The molecule has 0 spiro atoms. The molecule has 0 bridgehead atoms. The van der Waals surface area contributed by atoms with Gasteiger partial charge in [0.15, 0.2) is 11.5 Å². The van der Waals surface area contributed by atoms with Gasteiger partial charge in [-0.25, -0.2) is 0 Å². The van der Waals surface area contributed by atoms with E-state index in [9.17, 15) is 0 Å². The van der Waals surface area contributed by atoms with Crippen molar-refractivity contribution in [1.29, 1.82) is 0 Å². The van der Waals surface area contributed by atoms with Crippen LogP contribution in [0.1, 0.15) is 25.0 Å². The SMILES string of the molecule is Cc1cc2c(cc1CCNC(CN)C(C)C)OCO2. The van der Waals surface area contributed by atoms with Gasteiger partial charge in [-0.2, -0.15) is 0 Å². The molecule has 1 aliphatic heterocycles. The molecular weight excluding hydrogens is 240 g/mol. The summed E-state index contributed by atoms with van der Waals surface area (Å²) in [4.78, 5) is 0. The number of fused-ring (bicyclic) bond motifs is 1. The third-order valence-electron chi connectivity index (χ3n) is 3.69. The van der Waals surface area contributed by atoms with Gasteiger partial charge in [0, 0.05) is 12.6 Å². The van der Waals surface area contributed by atoms with Crippen LogP contribution in [0.2, 0.25) is 0 Å². The highest BCUT2D eigenvalue weighted by Gasteiger charge is 2.16. The minimum atomic E-state index is 0.332. The monoisotopic (exact) mass is 264 g/mol. The number of nitrogens with one attached hydrogen (secondary N) is 1. The van der Waals surface area contributed by atoms with Gasteiger partial charge in [-0.15, -0.1) is 0 Å². The molecule has 19 heavy (non-hydrogen) atoms. The second kappa shape index (κ2) is 6.26. The van der Waals surface area contributed by atoms with Crippen molar-refractivity contribution >= 4 is 0 Å². The van der Waals surface area contributed by atoms with Gasteiger partial charge in [0.1, 0.15) is 0 Å². The molecule has 2 rings (SSSR count). The normalized spacial score (nSPS) is 15.0. The number of hydrogen-bond acceptors (Lipinski definition) is 4. The maximum Gasteiger partial charge on any atom is 0.231 e. The molecule has 1 aromatic carbocycles. The molecule has 0 saturated carbocycles. The fourth-order valence-electron chi connectivity index (χ4n) is 2.34. The predicted octanol–water partition coefficient (Wildman–Crippen LogP) is 1.84. The molecule has 4 heteroatoms. The number of nitrogens with two attached hydrogens (primary N) is 1. The highest BCUT2D eigenvalue weighted by atomic mass is 16.7. The standard InChI is InChI=1S/C15H24N2O2/c1-10(2)13(8-16)17-5-4-12-7-15-14(6-11(12)3)18-9-19-15/h6-7,10,13,17H,4-5,8-9,16H2,1-3H3. The molecule has 1 heterocycles. The lowest BCUT2D eigenvalue weighted by Gasteiger charge is -2.20. The van der Waals surface area contributed by atoms with E-state index < -0.39 is 0 Å². The average molecular weight is 264 g/mol. The summed E-state index contributed by atoms with van der Waals surface area (Å²) in [5.41, 5.74) is 8.31. The molecule has 106 valence electrons. The quantitative estimate of drug-likeness (QED) is 0.823. The molecule has 3 N–H and O–H groups in total. The van der Waals surface area contributed by atoms with Gasteiger partial charge >= 0.3 is 0 Å². The van der Waals surface area contributed by atoms with E-state index in [-0.39, 0.29) is 0 Å². The van der Waals surface area contributed by atoms with Crippen molar-refractivity contribution in [1.82, 2.24) is 5.32 Å². The Kier molecular flexibility index (Phi) is 4.66. The molecule has 1 unspecified atom stereocenters. The molecule has 1 atom stereocenters. The van der Waals surface area contributed by atoms with E-state index in [1.165, 1.54) is 11.1 Å². The zero-order valence-corrected chi connectivity index (χ0v) is 12.0. The van der Waals surface area contributed by atoms with Crippen molar-refractivity contribution in [3.63, 3.8) is 0 Å². The lowest BCUT2D eigenvalue weighted by atomic mass is 10.0. The van der Waals surface area contributed by atoms with Crippen LogP contribution in [0.3, 0.4) is 0 Å². The molecule has 0 aliphatic carbocycles. The van der Waals surface area contributed by atoms with Crippen molar-refractivity contribution in [3.05, 3.63) is 23.3 Å². The Morgan fingerprint density at radius 3 is 2.58 bits per heavy atom. The van der Waals surface area contributed by atoms with E-state index in [0.717, 1.165) is 24.5 Å². The summed E-state index contributed by atoms with van der Waals surface area (Å²) < 4.78 is 10.8. The van der Waals surface area contributed by atoms with Crippen LogP contribution in [0.15, 0.2) is 12.1 Å². The van der Waals surface area contributed by atoms with E-state index in [1.54, 1.807) is 0 Å². The lowest BCUT2D eigenvalue weighted by Crippen LogP contribution is -2.41. The second-order valence-electron chi connectivity index (χ2n) is 5.42. The minimum Gasteiger partial charge on any atom is -0.454 e. The van der Waals surface area contributed by atoms with Crippen molar-refractivity contribution in [2.75, 3.05) is 19.9 Å². The molecule has 1 aromatic rings. The summed E-state index contributed by atoms with van der Waals surface area (Å²) in [6, 6.07) is 4.53. The van der Waals surface area contributed by atoms with Crippen molar-refractivity contribution in [2.24, 2.45) is 11.7 Å². The van der Waals surface area contributed by atoms with Gasteiger partial charge in [-0.3, -0.25) is 0 Å². The molecular formula is C15H24N2O2. The fourth-order valence-corrected chi connectivity index (χ4v) is 2.34. The minimum absolute atomic E-state index is 0.332. The second-order valence-corrected chi connectivity index (χ2v) is 5.42. The first-order valence-electron chi connectivity index (χ1n) is 6.94. The van der Waals surface area contributed by atoms with E-state index in [4.69, 9.17) is 15.2 Å². The zero-order valence-electron chi connectivity index (χ0n) is 12.0. The van der Waals surface area contributed by atoms with Gasteiger partial charge in [-0.05, 0) is 49.1 Å². The summed E-state index contributed by atoms with van der Waals surface area (Å²) >= 11 is 0. The summed E-state index contributed by atoms with van der Waals surface area (Å²) in [6.07, 6.45) is 0.978. The van der Waals surface area contributed by atoms with E-state index in [0.29, 0.717) is 25.3 Å². The van der Waals surface area contributed by atoms with Crippen LogP contribution in [0.5, 0.6) is 11.5 Å². The van der Waals surface area contributed by atoms with Crippen molar-refractivity contribution < 1.29 is 9.47 Å². The van der Waals surface area contributed by atoms with Crippen molar-refractivity contribution in [3.8, 4) is 11.5 Å². The fraction of sp³-hybridized carbons (Fsp3) is 0.600. The highest BCUT2D eigenvalue weighted by Crippen LogP contribution is 2.34. The highest BCUT2D eigenvalue weighted by molar-refractivity contribution is 5.48. The van der Waals surface area contributed by atoms with Crippen LogP contribution in [0.4, 0.5) is 0 Å². The van der Waals surface area contributed by atoms with Crippen LogP contribution < -0.4 is 20.5 Å². The van der Waals surface area contributed by atoms with Crippen LogP contribution in [0, 0.1) is 12.8 Å². The molecule has 0 amide bonds. The predicted molar refractivity (Wildman–Crippen MR) is 76.7 cm³/mol. The third kappa shape index (κ3) is 3.39. The Bertz CT molecular complexity index is 432. The van der Waals surface area contributed by atoms with Gasteiger partial charge < -0.3 is 20.5 Å². The van der Waals surface area contributed by atoms with Crippen molar-refractivity contribution in [2.45, 2.75) is 33.2 Å². The maximum absolute atomic E-state index is 5.76. The first-order valence-corrected chi connectivity index (χ1v) is 6.94. The zero-order chi connectivity index (χ0) is 13.8. The first kappa shape index (κ1) is 14.2. The van der Waals surface area contributed by atoms with Gasteiger partial charge in [0.25, 0.3) is 0 Å². The third-order valence-corrected chi connectivity index (χ3v) is 3.69. The summed E-state index contributed by atoms with van der Waals surface area (Å²) in [5.74, 6) is 2.28. The smallest absolute Gasteiger partial charge is 0.231 e. The number of ether oxygens (including phenoxy) is 2. The van der Waals surface area contributed by atoms with Crippen LogP contribution in [0.25, 0.3) is 0 Å². The number of aryl methyl sites for hydroxylation is 1. The first-order chi connectivity index (χ1) is 9.11. The Morgan fingerprint density at radius 1 is 1.26 bits per heavy atom.